The Balaban J connectivity index is 2.69. The van der Waals surface area contributed by atoms with Gasteiger partial charge in [0, 0.05) is 17.6 Å². The highest BCUT2D eigenvalue weighted by molar-refractivity contribution is 6.24. The molecule has 1 aromatic carbocycles. The standard InChI is InChI=1S/C23H30O5/c1-8-23(4,5)22(28-12-11-14(2)3)15-13-18(26-6)19-16(24)9-10-17(25)20(19)21(15)27-7/h8-10,13-14,22H,1,11-12H2,2-7H3. The number of rotatable bonds is 9. The van der Waals surface area contributed by atoms with Crippen LogP contribution in [0.3, 0.4) is 0 Å². The van der Waals surface area contributed by atoms with Gasteiger partial charge in [-0.15, -0.1) is 6.58 Å². The second-order valence-corrected chi connectivity index (χ2v) is 7.97. The van der Waals surface area contributed by atoms with Crippen LogP contribution in [0.1, 0.15) is 66.5 Å². The normalized spacial score (nSPS) is 14.8. The van der Waals surface area contributed by atoms with E-state index in [0.29, 0.717) is 29.6 Å². The highest BCUT2D eigenvalue weighted by atomic mass is 16.5. The zero-order valence-electron chi connectivity index (χ0n) is 17.6. The van der Waals surface area contributed by atoms with Gasteiger partial charge in [-0.05, 0) is 30.6 Å². The van der Waals surface area contributed by atoms with Crippen molar-refractivity contribution in [1.82, 2.24) is 0 Å². The van der Waals surface area contributed by atoms with Gasteiger partial charge in [0.1, 0.15) is 11.5 Å². The van der Waals surface area contributed by atoms with Crippen molar-refractivity contribution in [2.45, 2.75) is 40.2 Å². The van der Waals surface area contributed by atoms with Gasteiger partial charge in [0.05, 0.1) is 31.5 Å². The first-order chi connectivity index (χ1) is 13.2. The van der Waals surface area contributed by atoms with Crippen LogP contribution in [0.2, 0.25) is 0 Å². The molecule has 5 nitrogen and oxygen atoms in total. The van der Waals surface area contributed by atoms with Crippen molar-refractivity contribution in [2.24, 2.45) is 11.3 Å². The lowest BCUT2D eigenvalue weighted by Gasteiger charge is -2.34. The number of carbonyl (C=O) groups excluding carboxylic acids is 2. The molecule has 0 saturated heterocycles. The molecular weight excluding hydrogens is 356 g/mol. The van der Waals surface area contributed by atoms with Crippen LogP contribution >= 0.6 is 0 Å². The monoisotopic (exact) mass is 386 g/mol. The predicted octanol–water partition coefficient (Wildman–Crippen LogP) is 4.96. The zero-order valence-corrected chi connectivity index (χ0v) is 17.6. The van der Waals surface area contributed by atoms with Crippen molar-refractivity contribution in [2.75, 3.05) is 20.8 Å². The second kappa shape index (κ2) is 8.74. The van der Waals surface area contributed by atoms with Crippen molar-refractivity contribution in [3.63, 3.8) is 0 Å². The highest BCUT2D eigenvalue weighted by Crippen LogP contribution is 2.47. The fourth-order valence-electron chi connectivity index (χ4n) is 3.27. The maximum Gasteiger partial charge on any atom is 0.190 e. The number of ether oxygens (including phenoxy) is 3. The van der Waals surface area contributed by atoms with E-state index in [-0.39, 0.29) is 22.7 Å². The first kappa shape index (κ1) is 21.9. The average Bonchev–Trinajstić information content (AvgIpc) is 2.66. The van der Waals surface area contributed by atoms with Gasteiger partial charge in [-0.2, -0.15) is 0 Å². The van der Waals surface area contributed by atoms with Gasteiger partial charge >= 0.3 is 0 Å². The molecule has 1 aromatic rings. The van der Waals surface area contributed by atoms with E-state index in [4.69, 9.17) is 14.2 Å². The average molecular weight is 386 g/mol. The Kier molecular flexibility index (Phi) is 6.83. The third-order valence-corrected chi connectivity index (χ3v) is 5.04. The Morgan fingerprint density at radius 1 is 1.07 bits per heavy atom. The van der Waals surface area contributed by atoms with E-state index < -0.39 is 11.5 Å². The lowest BCUT2D eigenvalue weighted by molar-refractivity contribution is -0.0134. The summed E-state index contributed by atoms with van der Waals surface area (Å²) in [6.45, 7) is 12.8. The molecule has 0 aliphatic heterocycles. The lowest BCUT2D eigenvalue weighted by Crippen LogP contribution is -2.25. The van der Waals surface area contributed by atoms with Gasteiger partial charge in [-0.3, -0.25) is 9.59 Å². The fraction of sp³-hybridized carbons (Fsp3) is 0.478. The molecule has 0 N–H and O–H groups in total. The van der Waals surface area contributed by atoms with Crippen LogP contribution in [0.4, 0.5) is 0 Å². The summed E-state index contributed by atoms with van der Waals surface area (Å²) in [5.74, 6) is 0.617. The molecule has 0 fully saturated rings. The fourth-order valence-corrected chi connectivity index (χ4v) is 3.27. The van der Waals surface area contributed by atoms with E-state index >= 15 is 0 Å². The Hall–Kier alpha value is -2.40. The molecule has 2 rings (SSSR count). The molecule has 152 valence electrons. The Labute approximate surface area is 167 Å². The highest BCUT2D eigenvalue weighted by Gasteiger charge is 2.37. The summed E-state index contributed by atoms with van der Waals surface area (Å²) in [5, 5.41) is 0. The maximum atomic E-state index is 12.6. The summed E-state index contributed by atoms with van der Waals surface area (Å²) in [4.78, 5) is 25.1. The third kappa shape index (κ3) is 4.20. The second-order valence-electron chi connectivity index (χ2n) is 7.97. The summed E-state index contributed by atoms with van der Waals surface area (Å²) < 4.78 is 17.4. The molecule has 0 amide bonds. The van der Waals surface area contributed by atoms with Gasteiger partial charge in [-0.25, -0.2) is 0 Å². The van der Waals surface area contributed by atoms with Crippen LogP contribution < -0.4 is 9.47 Å². The van der Waals surface area contributed by atoms with Gasteiger partial charge < -0.3 is 14.2 Å². The molecule has 0 bridgehead atoms. The molecule has 0 aromatic heterocycles. The van der Waals surface area contributed by atoms with Crippen LogP contribution in [-0.2, 0) is 4.74 Å². The van der Waals surface area contributed by atoms with Crippen molar-refractivity contribution >= 4 is 11.6 Å². The summed E-state index contributed by atoms with van der Waals surface area (Å²) in [6, 6.07) is 1.74. The lowest BCUT2D eigenvalue weighted by atomic mass is 9.80. The van der Waals surface area contributed by atoms with E-state index in [1.165, 1.54) is 26.4 Å². The largest absolute Gasteiger partial charge is 0.496 e. The van der Waals surface area contributed by atoms with Crippen molar-refractivity contribution in [3.05, 3.63) is 47.6 Å². The quantitative estimate of drug-likeness (QED) is 0.562. The molecule has 1 atom stereocenters. The van der Waals surface area contributed by atoms with Crippen LogP contribution in [0, 0.1) is 11.3 Å². The third-order valence-electron chi connectivity index (χ3n) is 5.04. The summed E-state index contributed by atoms with van der Waals surface area (Å²) >= 11 is 0. The Bertz CT molecular complexity index is 802. The number of allylic oxidation sites excluding steroid dienone is 2. The number of hydrogen-bond acceptors (Lipinski definition) is 5. The van der Waals surface area contributed by atoms with Gasteiger partial charge in [-0.1, -0.05) is 33.8 Å². The van der Waals surface area contributed by atoms with E-state index in [1.54, 1.807) is 6.07 Å². The van der Waals surface area contributed by atoms with Crippen LogP contribution in [0.15, 0.2) is 30.9 Å². The first-order valence-electron chi connectivity index (χ1n) is 9.48. The van der Waals surface area contributed by atoms with E-state index in [0.717, 1.165) is 6.42 Å². The smallest absolute Gasteiger partial charge is 0.190 e. The molecule has 0 radical (unpaired) electrons. The summed E-state index contributed by atoms with van der Waals surface area (Å²) in [5.41, 5.74) is 0.680. The number of hydrogen-bond donors (Lipinski definition) is 0. The molecule has 28 heavy (non-hydrogen) atoms. The number of methoxy groups -OCH3 is 2. The Morgan fingerprint density at radius 2 is 1.68 bits per heavy atom. The molecule has 0 heterocycles. The molecule has 1 unspecified atom stereocenters. The minimum atomic E-state index is -0.443. The SMILES string of the molecule is C=CC(C)(C)C(OCCC(C)C)c1cc(OC)c2c(c1OC)C(=O)C=CC2=O. The van der Waals surface area contributed by atoms with E-state index in [1.807, 2.05) is 19.9 Å². The number of fused-ring (bicyclic) bond motifs is 1. The van der Waals surface area contributed by atoms with E-state index in [2.05, 4.69) is 20.4 Å². The van der Waals surface area contributed by atoms with Crippen LogP contribution in [-0.4, -0.2) is 32.4 Å². The van der Waals surface area contributed by atoms with Crippen molar-refractivity contribution in [1.29, 1.82) is 0 Å². The van der Waals surface area contributed by atoms with Crippen molar-refractivity contribution < 1.29 is 23.8 Å². The predicted molar refractivity (Wildman–Crippen MR) is 109 cm³/mol. The molecule has 0 spiro atoms. The van der Waals surface area contributed by atoms with Gasteiger partial charge in [0.25, 0.3) is 0 Å². The molecule has 1 aliphatic carbocycles. The minimum absolute atomic E-state index is 0.224. The van der Waals surface area contributed by atoms with Gasteiger partial charge in [0.15, 0.2) is 11.6 Å². The van der Waals surface area contributed by atoms with Crippen LogP contribution in [0.5, 0.6) is 11.5 Å². The summed E-state index contributed by atoms with van der Waals surface area (Å²) in [6.07, 6.45) is 4.83. The molecular formula is C23H30O5. The number of carbonyl (C=O) groups is 2. The molecule has 1 aliphatic rings. The maximum absolute atomic E-state index is 12.6. The van der Waals surface area contributed by atoms with E-state index in [9.17, 15) is 9.59 Å². The topological polar surface area (TPSA) is 61.8 Å². The number of ketones is 2. The molecule has 0 saturated carbocycles. The first-order valence-corrected chi connectivity index (χ1v) is 9.48. The van der Waals surface area contributed by atoms with Crippen molar-refractivity contribution in [3.8, 4) is 11.5 Å². The number of benzene rings is 1. The molecule has 5 heteroatoms. The zero-order chi connectivity index (χ0) is 21.1. The van der Waals surface area contributed by atoms with Gasteiger partial charge in [0.2, 0.25) is 0 Å². The minimum Gasteiger partial charge on any atom is -0.496 e. The summed E-state index contributed by atoms with van der Waals surface area (Å²) in [7, 11) is 2.98. The Morgan fingerprint density at radius 3 is 2.18 bits per heavy atom. The van der Waals surface area contributed by atoms with Crippen LogP contribution in [0.25, 0.3) is 0 Å².